The van der Waals surface area contributed by atoms with Gasteiger partial charge in [0.1, 0.15) is 5.82 Å². The van der Waals surface area contributed by atoms with Gasteiger partial charge >= 0.3 is 5.69 Å². The van der Waals surface area contributed by atoms with Crippen molar-refractivity contribution >= 4 is 15.1 Å². The number of nitrogens with two attached hydrogens (primary N) is 1. The fraction of sp³-hybridized carbons (Fsp3) is 0.636. The van der Waals surface area contributed by atoms with E-state index in [-0.39, 0.29) is 11.7 Å². The summed E-state index contributed by atoms with van der Waals surface area (Å²) < 4.78 is 15.8. The highest BCUT2D eigenvalue weighted by atomic mass is 31.0. The first-order valence-electron chi connectivity index (χ1n) is 5.88. The molecule has 0 spiro atoms. The molecule has 0 saturated heterocycles. The number of nitrogens with zero attached hydrogens (tertiary/aromatic N) is 2. The molecular weight excluding hydrogens is 256 g/mol. The number of halogens is 1. The maximum atomic E-state index is 14.6. The SMILES string of the molecule is CCC1CC(n2ccc(N)nc2=O)C(F)(P)[C@@H]1O. The van der Waals surface area contributed by atoms with Gasteiger partial charge in [0.2, 0.25) is 0 Å². The van der Waals surface area contributed by atoms with Crippen molar-refractivity contribution in [3.63, 3.8) is 0 Å². The summed E-state index contributed by atoms with van der Waals surface area (Å²) in [4.78, 5) is 15.3. The van der Waals surface area contributed by atoms with Crippen LogP contribution in [0.5, 0.6) is 0 Å². The Hall–Kier alpha value is -1.00. The van der Waals surface area contributed by atoms with Crippen LogP contribution in [0.3, 0.4) is 0 Å². The number of aromatic nitrogens is 2. The molecule has 1 aromatic heterocycles. The lowest BCUT2D eigenvalue weighted by Crippen LogP contribution is -2.39. The van der Waals surface area contributed by atoms with E-state index in [0.29, 0.717) is 12.8 Å². The highest BCUT2D eigenvalue weighted by Gasteiger charge is 2.53. The topological polar surface area (TPSA) is 81.1 Å². The average Bonchev–Trinajstić information content (AvgIpc) is 2.52. The van der Waals surface area contributed by atoms with Crippen molar-refractivity contribution in [2.45, 2.75) is 37.3 Å². The van der Waals surface area contributed by atoms with Crippen LogP contribution in [0.4, 0.5) is 10.2 Å². The van der Waals surface area contributed by atoms with Gasteiger partial charge in [0.25, 0.3) is 0 Å². The standard InChI is InChI=1S/C11H17FN3O2P/c1-2-6-5-7(11(12,18)9(6)16)15-4-3-8(13)14-10(15)17/h3-4,6-7,9,16H,2,5,18H2,1H3,(H2,13,14,17)/t6?,7?,9-,11?/m1/s1. The third kappa shape index (κ3) is 2.04. The lowest BCUT2D eigenvalue weighted by molar-refractivity contribution is 0.0357. The van der Waals surface area contributed by atoms with E-state index in [1.54, 1.807) is 0 Å². The Balaban J connectivity index is 2.42. The van der Waals surface area contributed by atoms with Crippen LogP contribution in [-0.2, 0) is 0 Å². The van der Waals surface area contributed by atoms with Crippen LogP contribution in [0, 0.1) is 5.92 Å². The minimum atomic E-state index is -1.91. The first-order chi connectivity index (χ1) is 8.37. The molecule has 0 amide bonds. The van der Waals surface area contributed by atoms with E-state index < -0.39 is 23.2 Å². The Morgan fingerprint density at radius 2 is 2.44 bits per heavy atom. The molecular formula is C11H17FN3O2P. The van der Waals surface area contributed by atoms with E-state index in [1.165, 1.54) is 16.8 Å². The van der Waals surface area contributed by atoms with Crippen molar-refractivity contribution in [1.82, 2.24) is 9.55 Å². The molecule has 1 aliphatic rings. The maximum absolute atomic E-state index is 14.6. The number of aliphatic hydroxyl groups excluding tert-OH is 1. The average molecular weight is 273 g/mol. The second-order valence-corrected chi connectivity index (χ2v) is 5.62. The predicted octanol–water partition coefficient (Wildman–Crippen LogP) is 0.698. The number of aliphatic hydroxyl groups is 1. The molecule has 7 heteroatoms. The molecule has 18 heavy (non-hydrogen) atoms. The molecule has 4 unspecified atom stereocenters. The summed E-state index contributed by atoms with van der Waals surface area (Å²) in [7, 11) is 2.03. The van der Waals surface area contributed by atoms with Gasteiger partial charge in [-0.2, -0.15) is 4.98 Å². The Bertz CT molecular complexity index is 505. The van der Waals surface area contributed by atoms with Gasteiger partial charge in [-0.25, -0.2) is 9.18 Å². The van der Waals surface area contributed by atoms with Gasteiger partial charge in [-0.15, -0.1) is 0 Å². The molecule has 0 radical (unpaired) electrons. The van der Waals surface area contributed by atoms with Gasteiger partial charge in [-0.05, 0) is 18.4 Å². The number of hydrogen-bond donors (Lipinski definition) is 2. The highest BCUT2D eigenvalue weighted by Crippen LogP contribution is 2.50. The molecule has 1 aromatic rings. The van der Waals surface area contributed by atoms with Crippen molar-refractivity contribution in [2.75, 3.05) is 5.73 Å². The quantitative estimate of drug-likeness (QED) is 0.777. The zero-order chi connectivity index (χ0) is 13.5. The van der Waals surface area contributed by atoms with E-state index in [9.17, 15) is 14.3 Å². The molecule has 1 fully saturated rings. The van der Waals surface area contributed by atoms with Crippen LogP contribution < -0.4 is 11.4 Å². The molecule has 0 bridgehead atoms. The summed E-state index contributed by atoms with van der Waals surface area (Å²) in [5, 5.41) is 8.02. The normalized spacial score (nSPS) is 35.9. The van der Waals surface area contributed by atoms with Gasteiger partial charge in [-0.1, -0.05) is 22.6 Å². The number of anilines is 1. The lowest BCUT2D eigenvalue weighted by atomic mass is 10.0. The Morgan fingerprint density at radius 1 is 1.78 bits per heavy atom. The number of nitrogen functional groups attached to an aromatic ring is 1. The summed E-state index contributed by atoms with van der Waals surface area (Å²) in [5.74, 6) is -0.0583. The molecule has 0 aromatic carbocycles. The second kappa shape index (κ2) is 4.59. The van der Waals surface area contributed by atoms with E-state index in [4.69, 9.17) is 5.73 Å². The Morgan fingerprint density at radius 3 is 2.94 bits per heavy atom. The second-order valence-electron chi connectivity index (χ2n) is 4.73. The van der Waals surface area contributed by atoms with Crippen molar-refractivity contribution in [1.29, 1.82) is 0 Å². The van der Waals surface area contributed by atoms with Gasteiger partial charge < -0.3 is 10.8 Å². The number of hydrogen-bond acceptors (Lipinski definition) is 4. The third-order valence-electron chi connectivity index (χ3n) is 3.65. The van der Waals surface area contributed by atoms with Crippen molar-refractivity contribution < 1.29 is 9.50 Å². The number of rotatable bonds is 2. The van der Waals surface area contributed by atoms with Gasteiger partial charge in [0, 0.05) is 6.20 Å². The van der Waals surface area contributed by atoms with Gasteiger partial charge in [0.05, 0.1) is 12.1 Å². The van der Waals surface area contributed by atoms with Crippen molar-refractivity contribution in [3.05, 3.63) is 22.7 Å². The summed E-state index contributed by atoms with van der Waals surface area (Å²) in [6.07, 6.45) is 1.40. The summed E-state index contributed by atoms with van der Waals surface area (Å²) in [6.45, 7) is 1.89. The van der Waals surface area contributed by atoms with Crippen LogP contribution in [0.1, 0.15) is 25.8 Å². The summed E-state index contributed by atoms with van der Waals surface area (Å²) >= 11 is 0. The monoisotopic (exact) mass is 273 g/mol. The molecule has 1 saturated carbocycles. The van der Waals surface area contributed by atoms with Crippen LogP contribution in [0.15, 0.2) is 17.1 Å². The Labute approximate surface area is 106 Å². The largest absolute Gasteiger partial charge is 0.389 e. The molecule has 100 valence electrons. The summed E-state index contributed by atoms with van der Waals surface area (Å²) in [6, 6.07) is 0.719. The molecule has 3 N–H and O–H groups in total. The molecule has 2 rings (SSSR count). The van der Waals surface area contributed by atoms with E-state index in [2.05, 4.69) is 4.98 Å². The van der Waals surface area contributed by atoms with E-state index >= 15 is 0 Å². The van der Waals surface area contributed by atoms with E-state index in [0.717, 1.165) is 0 Å². The molecule has 5 nitrogen and oxygen atoms in total. The minimum absolute atomic E-state index is 0.107. The first kappa shape index (κ1) is 13.4. The van der Waals surface area contributed by atoms with Gasteiger partial charge in [0.15, 0.2) is 5.41 Å². The maximum Gasteiger partial charge on any atom is 0.349 e. The fourth-order valence-corrected chi connectivity index (χ4v) is 3.10. The van der Waals surface area contributed by atoms with Crippen molar-refractivity contribution in [3.8, 4) is 0 Å². The summed E-state index contributed by atoms with van der Waals surface area (Å²) in [5.41, 5.74) is 4.81. The lowest BCUT2D eigenvalue weighted by Gasteiger charge is -2.27. The van der Waals surface area contributed by atoms with E-state index in [1.807, 2.05) is 16.2 Å². The fourth-order valence-electron chi connectivity index (χ4n) is 2.53. The molecule has 1 aliphatic carbocycles. The smallest absolute Gasteiger partial charge is 0.349 e. The molecule has 1 heterocycles. The minimum Gasteiger partial charge on any atom is -0.389 e. The third-order valence-corrected chi connectivity index (χ3v) is 4.37. The van der Waals surface area contributed by atoms with Gasteiger partial charge in [-0.3, -0.25) is 4.57 Å². The van der Waals surface area contributed by atoms with Crippen LogP contribution in [-0.4, -0.2) is 26.2 Å². The predicted molar refractivity (Wildman–Crippen MR) is 69.9 cm³/mol. The van der Waals surface area contributed by atoms with Crippen molar-refractivity contribution in [2.24, 2.45) is 5.92 Å². The van der Waals surface area contributed by atoms with Crippen LogP contribution in [0.25, 0.3) is 0 Å². The highest BCUT2D eigenvalue weighted by molar-refractivity contribution is 7.18. The van der Waals surface area contributed by atoms with Crippen LogP contribution >= 0.6 is 9.24 Å². The zero-order valence-corrected chi connectivity index (χ0v) is 11.2. The molecule has 0 aliphatic heterocycles. The first-order valence-corrected chi connectivity index (χ1v) is 6.46. The zero-order valence-electron chi connectivity index (χ0n) is 10.1. The van der Waals surface area contributed by atoms with Crippen LogP contribution in [0.2, 0.25) is 0 Å². The Kier molecular flexibility index (Phi) is 3.43. The molecule has 5 atom stereocenters. The number of alkyl halides is 1.